The van der Waals surface area contributed by atoms with Crippen LogP contribution in [-0.2, 0) is 6.54 Å². The molecule has 0 aliphatic carbocycles. The summed E-state index contributed by atoms with van der Waals surface area (Å²) >= 11 is 0. The Morgan fingerprint density at radius 1 is 1.17 bits per heavy atom. The van der Waals surface area contributed by atoms with Crippen LogP contribution in [0.4, 0.5) is 5.82 Å². The van der Waals surface area contributed by atoms with Gasteiger partial charge in [-0.1, -0.05) is 18.2 Å². The number of rotatable bonds is 4. The lowest BCUT2D eigenvalue weighted by atomic mass is 10.0. The minimum atomic E-state index is 0.368. The molecule has 0 atom stereocenters. The third kappa shape index (κ3) is 2.98. The summed E-state index contributed by atoms with van der Waals surface area (Å²) < 4.78 is 1.79. The zero-order chi connectivity index (χ0) is 19.8. The lowest BCUT2D eigenvalue weighted by Crippen LogP contribution is -2.36. The van der Waals surface area contributed by atoms with Gasteiger partial charge in [0.05, 0.1) is 23.0 Å². The summed E-state index contributed by atoms with van der Waals surface area (Å²) in [5, 5.41) is 14.4. The highest BCUT2D eigenvalue weighted by Gasteiger charge is 2.22. The van der Waals surface area contributed by atoms with E-state index < -0.39 is 0 Å². The van der Waals surface area contributed by atoms with Crippen LogP contribution < -0.4 is 5.73 Å². The molecule has 2 N–H and O–H groups in total. The minimum Gasteiger partial charge on any atom is -0.382 e. The van der Waals surface area contributed by atoms with Crippen molar-refractivity contribution < 1.29 is 0 Å². The number of aromatic nitrogens is 5. The Morgan fingerprint density at radius 2 is 2.03 bits per heavy atom. The molecule has 0 radical (unpaired) electrons. The van der Waals surface area contributed by atoms with Crippen LogP contribution in [0.15, 0.2) is 48.9 Å². The number of nitrogens with two attached hydrogens (primary N) is 1. The highest BCUT2D eigenvalue weighted by Crippen LogP contribution is 2.34. The molecule has 0 unspecified atom stereocenters. The van der Waals surface area contributed by atoms with Crippen molar-refractivity contribution in [2.45, 2.75) is 13.0 Å². The second-order valence-electron chi connectivity index (χ2n) is 7.01. The van der Waals surface area contributed by atoms with E-state index in [4.69, 9.17) is 10.8 Å². The average molecular weight is 382 g/mol. The molecule has 29 heavy (non-hydrogen) atoms. The highest BCUT2D eigenvalue weighted by atomic mass is 15.3. The van der Waals surface area contributed by atoms with Crippen LogP contribution in [0, 0.1) is 11.3 Å². The Balaban J connectivity index is 1.79. The quantitative estimate of drug-likeness (QED) is 0.577. The summed E-state index contributed by atoms with van der Waals surface area (Å²) in [6.07, 6.45) is 4.38. The molecule has 3 aromatic heterocycles. The monoisotopic (exact) mass is 382 g/mol. The van der Waals surface area contributed by atoms with Crippen molar-refractivity contribution >= 4 is 11.3 Å². The van der Waals surface area contributed by atoms with E-state index in [0.29, 0.717) is 34.0 Å². The van der Waals surface area contributed by atoms with Crippen LogP contribution in [0.2, 0.25) is 0 Å². The molecule has 1 aliphatic heterocycles. The van der Waals surface area contributed by atoms with Crippen LogP contribution in [0.5, 0.6) is 0 Å². The zero-order valence-corrected chi connectivity index (χ0v) is 15.7. The highest BCUT2D eigenvalue weighted by molar-refractivity contribution is 5.84. The Bertz CT molecular complexity index is 1240. The molecule has 0 amide bonds. The zero-order valence-electron chi connectivity index (χ0n) is 15.7. The number of nitrogens with zero attached hydrogens (tertiary/aromatic N) is 7. The van der Waals surface area contributed by atoms with Gasteiger partial charge in [-0.25, -0.2) is 19.5 Å². The smallest absolute Gasteiger partial charge is 0.150 e. The van der Waals surface area contributed by atoms with Crippen LogP contribution in [0.25, 0.3) is 28.2 Å². The summed E-state index contributed by atoms with van der Waals surface area (Å²) in [6.45, 7) is 2.94. The lowest BCUT2D eigenvalue weighted by Gasteiger charge is -2.29. The van der Waals surface area contributed by atoms with E-state index in [0.717, 1.165) is 30.8 Å². The molecular weight excluding hydrogens is 364 g/mol. The third-order valence-corrected chi connectivity index (χ3v) is 5.15. The van der Waals surface area contributed by atoms with Crippen LogP contribution in [0.1, 0.15) is 17.7 Å². The van der Waals surface area contributed by atoms with E-state index in [1.54, 1.807) is 16.8 Å². The van der Waals surface area contributed by atoms with Crippen molar-refractivity contribution in [3.8, 4) is 28.7 Å². The molecule has 1 saturated heterocycles. The van der Waals surface area contributed by atoms with E-state index >= 15 is 0 Å². The summed E-state index contributed by atoms with van der Waals surface area (Å²) in [5.41, 5.74) is 11.1. The first kappa shape index (κ1) is 17.3. The molecule has 5 rings (SSSR count). The fraction of sp³-hybridized carbons (Fsp3) is 0.190. The van der Waals surface area contributed by atoms with Crippen molar-refractivity contribution in [3.63, 3.8) is 0 Å². The summed E-state index contributed by atoms with van der Waals surface area (Å²) in [4.78, 5) is 15.5. The molecule has 8 nitrogen and oxygen atoms in total. The van der Waals surface area contributed by atoms with Crippen molar-refractivity contribution in [3.05, 3.63) is 60.2 Å². The number of fused-ring (bicyclic) bond motifs is 1. The SMILES string of the molecule is N#Cc1ccccc1-c1nc(N)c2cc(CN3CCC3)nn2c1-c1ccncn1. The normalized spacial score (nSPS) is 13.9. The summed E-state index contributed by atoms with van der Waals surface area (Å²) in [5.74, 6) is 0.368. The maximum atomic E-state index is 9.60. The molecule has 0 bridgehead atoms. The Morgan fingerprint density at radius 3 is 2.76 bits per heavy atom. The molecular formula is C21H18N8. The largest absolute Gasteiger partial charge is 0.382 e. The van der Waals surface area contributed by atoms with E-state index in [-0.39, 0.29) is 0 Å². The van der Waals surface area contributed by atoms with Gasteiger partial charge in [0.25, 0.3) is 0 Å². The molecule has 142 valence electrons. The predicted molar refractivity (Wildman–Crippen MR) is 108 cm³/mol. The van der Waals surface area contributed by atoms with Gasteiger partial charge in [-0.05, 0) is 37.7 Å². The predicted octanol–water partition coefficient (Wildman–Crippen LogP) is 2.51. The van der Waals surface area contributed by atoms with Crippen molar-refractivity contribution in [1.29, 1.82) is 5.26 Å². The molecule has 0 saturated carbocycles. The molecule has 4 heterocycles. The van der Waals surface area contributed by atoms with Gasteiger partial charge in [-0.3, -0.25) is 4.90 Å². The number of hydrogen-bond donors (Lipinski definition) is 1. The maximum Gasteiger partial charge on any atom is 0.150 e. The summed E-state index contributed by atoms with van der Waals surface area (Å²) in [7, 11) is 0. The first-order valence-electron chi connectivity index (χ1n) is 9.41. The van der Waals surface area contributed by atoms with Gasteiger partial charge in [0.2, 0.25) is 0 Å². The van der Waals surface area contributed by atoms with Gasteiger partial charge in [0.1, 0.15) is 29.0 Å². The molecule has 8 heteroatoms. The summed E-state index contributed by atoms with van der Waals surface area (Å²) in [6, 6.07) is 13.3. The van der Waals surface area contributed by atoms with E-state index in [2.05, 4.69) is 25.9 Å². The molecule has 0 spiro atoms. The number of nitriles is 1. The second kappa shape index (κ2) is 6.96. The van der Waals surface area contributed by atoms with Crippen LogP contribution in [-0.4, -0.2) is 42.6 Å². The standard InChI is InChI=1S/C21H18N8/c22-11-14-4-1-2-5-16(14)19-20(17-6-7-24-13-25-17)29-18(21(23)26-19)10-15(27-29)12-28-8-3-9-28/h1-2,4-7,10,13H,3,8-9,12H2,(H2,23,26). The van der Waals surface area contributed by atoms with E-state index in [9.17, 15) is 5.26 Å². The molecule has 4 aromatic rings. The number of benzene rings is 1. The van der Waals surface area contributed by atoms with Crippen molar-refractivity contribution in [1.82, 2.24) is 29.5 Å². The van der Waals surface area contributed by atoms with Gasteiger partial charge in [0, 0.05) is 18.3 Å². The van der Waals surface area contributed by atoms with E-state index in [1.165, 1.54) is 12.7 Å². The first-order chi connectivity index (χ1) is 14.2. The Kier molecular flexibility index (Phi) is 4.15. The van der Waals surface area contributed by atoms with Gasteiger partial charge >= 0.3 is 0 Å². The fourth-order valence-corrected chi connectivity index (χ4v) is 3.60. The number of hydrogen-bond acceptors (Lipinski definition) is 7. The number of likely N-dealkylation sites (tertiary alicyclic amines) is 1. The number of nitrogen functional groups attached to an aromatic ring is 1. The van der Waals surface area contributed by atoms with Crippen LogP contribution >= 0.6 is 0 Å². The Hall–Kier alpha value is -3.83. The average Bonchev–Trinajstić information content (AvgIpc) is 3.15. The number of anilines is 1. The third-order valence-electron chi connectivity index (χ3n) is 5.15. The van der Waals surface area contributed by atoms with Gasteiger partial charge in [0.15, 0.2) is 0 Å². The first-order valence-corrected chi connectivity index (χ1v) is 9.41. The molecule has 1 aliphatic rings. The lowest BCUT2D eigenvalue weighted by molar-refractivity contribution is 0.170. The van der Waals surface area contributed by atoms with Crippen molar-refractivity contribution in [2.24, 2.45) is 0 Å². The second-order valence-corrected chi connectivity index (χ2v) is 7.01. The van der Waals surface area contributed by atoms with Gasteiger partial charge < -0.3 is 5.73 Å². The van der Waals surface area contributed by atoms with Gasteiger partial charge in [-0.15, -0.1) is 0 Å². The van der Waals surface area contributed by atoms with E-state index in [1.807, 2.05) is 30.3 Å². The fourth-order valence-electron chi connectivity index (χ4n) is 3.60. The minimum absolute atomic E-state index is 0.368. The van der Waals surface area contributed by atoms with Crippen molar-refractivity contribution in [2.75, 3.05) is 18.8 Å². The molecule has 1 fully saturated rings. The molecule has 1 aromatic carbocycles. The Labute approximate surface area is 167 Å². The topological polar surface area (TPSA) is 109 Å². The van der Waals surface area contributed by atoms with Crippen LogP contribution in [0.3, 0.4) is 0 Å². The maximum absolute atomic E-state index is 9.60. The van der Waals surface area contributed by atoms with Gasteiger partial charge in [-0.2, -0.15) is 10.4 Å².